The van der Waals surface area contributed by atoms with Crippen molar-refractivity contribution in [2.75, 3.05) is 0 Å². The van der Waals surface area contributed by atoms with Crippen LogP contribution in [0.3, 0.4) is 0 Å². The lowest BCUT2D eigenvalue weighted by molar-refractivity contribution is -0.137. The zero-order valence-corrected chi connectivity index (χ0v) is 12.8. The van der Waals surface area contributed by atoms with E-state index in [0.29, 0.717) is 0 Å². The Labute approximate surface area is 139 Å². The summed E-state index contributed by atoms with van der Waals surface area (Å²) in [6, 6.07) is 4.27. The van der Waals surface area contributed by atoms with Crippen LogP contribution in [0.1, 0.15) is 21.6 Å². The molecule has 0 radical (unpaired) electrons. The number of nitrogens with zero attached hydrogens (tertiary/aromatic N) is 1. The van der Waals surface area contributed by atoms with Crippen molar-refractivity contribution in [2.24, 2.45) is 0 Å². The third-order valence-electron chi connectivity index (χ3n) is 2.97. The Morgan fingerprint density at radius 3 is 2.39 bits per heavy atom. The van der Waals surface area contributed by atoms with Gasteiger partial charge in [0.25, 0.3) is 0 Å². The molecule has 120 valence electrons. The van der Waals surface area contributed by atoms with Gasteiger partial charge >= 0.3 is 12.1 Å². The van der Waals surface area contributed by atoms with Crippen LogP contribution in [0.25, 0.3) is 17.3 Å². The van der Waals surface area contributed by atoms with Crippen LogP contribution in [0.4, 0.5) is 13.2 Å². The van der Waals surface area contributed by atoms with E-state index in [0.717, 1.165) is 12.1 Å². The molecule has 0 bridgehead atoms. The molecule has 0 saturated carbocycles. The summed E-state index contributed by atoms with van der Waals surface area (Å²) in [4.78, 5) is 14.9. The first-order valence-corrected chi connectivity index (χ1v) is 6.84. The molecule has 0 fully saturated rings. The molecule has 8 heteroatoms. The van der Waals surface area contributed by atoms with E-state index in [-0.39, 0.29) is 26.9 Å². The number of carboxylic acid groups (broad SMARTS) is 1. The molecular weight excluding hydrogens is 354 g/mol. The Hall–Kier alpha value is -2.05. The minimum Gasteiger partial charge on any atom is -0.476 e. The van der Waals surface area contributed by atoms with E-state index in [9.17, 15) is 18.0 Å². The SMILES string of the molecule is C=Cc1cc(C(F)(F)F)cc(Cl)c1-c1ccc(Cl)c(C(=O)O)n1. The number of aromatic nitrogens is 1. The van der Waals surface area contributed by atoms with Crippen LogP contribution in [0, 0.1) is 0 Å². The summed E-state index contributed by atoms with van der Waals surface area (Å²) in [5.74, 6) is -1.36. The van der Waals surface area contributed by atoms with Crippen LogP contribution in [-0.2, 0) is 6.18 Å². The smallest absolute Gasteiger partial charge is 0.416 e. The van der Waals surface area contributed by atoms with E-state index in [1.807, 2.05) is 0 Å². The molecule has 0 amide bonds. The van der Waals surface area contributed by atoms with Crippen LogP contribution in [0.5, 0.6) is 0 Å². The summed E-state index contributed by atoms with van der Waals surface area (Å²) in [6.45, 7) is 3.46. The Morgan fingerprint density at radius 1 is 1.22 bits per heavy atom. The number of carboxylic acids is 1. The van der Waals surface area contributed by atoms with Gasteiger partial charge in [0.05, 0.1) is 21.3 Å². The van der Waals surface area contributed by atoms with E-state index in [1.165, 1.54) is 18.2 Å². The highest BCUT2D eigenvalue weighted by molar-refractivity contribution is 6.34. The highest BCUT2D eigenvalue weighted by atomic mass is 35.5. The molecule has 2 rings (SSSR count). The minimum atomic E-state index is -4.57. The van der Waals surface area contributed by atoms with E-state index >= 15 is 0 Å². The zero-order valence-electron chi connectivity index (χ0n) is 11.3. The van der Waals surface area contributed by atoms with Crippen LogP contribution >= 0.6 is 23.2 Å². The fourth-order valence-corrected chi connectivity index (χ4v) is 2.46. The lowest BCUT2D eigenvalue weighted by Crippen LogP contribution is -2.07. The van der Waals surface area contributed by atoms with Crippen molar-refractivity contribution in [2.45, 2.75) is 6.18 Å². The second-order valence-corrected chi connectivity index (χ2v) is 5.27. The molecule has 1 heterocycles. The lowest BCUT2D eigenvalue weighted by atomic mass is 10.00. The minimum absolute atomic E-state index is 0.0796. The number of carbonyl (C=O) groups is 1. The molecule has 0 aliphatic rings. The molecule has 2 aromatic rings. The van der Waals surface area contributed by atoms with Gasteiger partial charge in [-0.15, -0.1) is 0 Å². The normalized spacial score (nSPS) is 11.3. The Kier molecular flexibility index (Phi) is 4.68. The van der Waals surface area contributed by atoms with Gasteiger partial charge in [-0.1, -0.05) is 35.9 Å². The van der Waals surface area contributed by atoms with Crippen molar-refractivity contribution in [3.05, 3.63) is 57.7 Å². The monoisotopic (exact) mass is 361 g/mol. The molecule has 0 saturated heterocycles. The van der Waals surface area contributed by atoms with E-state index in [2.05, 4.69) is 11.6 Å². The maximum absolute atomic E-state index is 12.8. The topological polar surface area (TPSA) is 50.2 Å². The third-order valence-corrected chi connectivity index (χ3v) is 3.58. The predicted molar refractivity (Wildman–Crippen MR) is 81.7 cm³/mol. The van der Waals surface area contributed by atoms with Gasteiger partial charge in [0.1, 0.15) is 0 Å². The van der Waals surface area contributed by atoms with Crippen LogP contribution in [0.2, 0.25) is 10.0 Å². The van der Waals surface area contributed by atoms with Gasteiger partial charge in [-0.3, -0.25) is 0 Å². The number of aromatic carboxylic acids is 1. The second kappa shape index (κ2) is 6.22. The largest absolute Gasteiger partial charge is 0.476 e. The van der Waals surface area contributed by atoms with Crippen LogP contribution in [-0.4, -0.2) is 16.1 Å². The molecule has 0 aliphatic heterocycles. The van der Waals surface area contributed by atoms with E-state index in [1.54, 1.807) is 0 Å². The average molecular weight is 362 g/mol. The average Bonchev–Trinajstić information content (AvgIpc) is 2.46. The van der Waals surface area contributed by atoms with Crippen LogP contribution < -0.4 is 0 Å². The Balaban J connectivity index is 2.71. The van der Waals surface area contributed by atoms with Gasteiger partial charge in [-0.2, -0.15) is 13.2 Å². The predicted octanol–water partition coefficient (Wildman–Crippen LogP) is 5.42. The van der Waals surface area contributed by atoms with Gasteiger partial charge in [0.15, 0.2) is 5.69 Å². The molecule has 0 spiro atoms. The first-order valence-electron chi connectivity index (χ1n) is 6.08. The van der Waals surface area contributed by atoms with E-state index < -0.39 is 23.4 Å². The second-order valence-electron chi connectivity index (χ2n) is 4.46. The van der Waals surface area contributed by atoms with Gasteiger partial charge < -0.3 is 5.11 Å². The molecule has 1 N–H and O–H groups in total. The van der Waals surface area contributed by atoms with Crippen molar-refractivity contribution in [3.8, 4) is 11.3 Å². The molecule has 0 unspecified atom stereocenters. The third kappa shape index (κ3) is 3.48. The molecule has 0 atom stereocenters. The maximum atomic E-state index is 12.8. The first kappa shape index (κ1) is 17.3. The number of halogens is 5. The molecule has 23 heavy (non-hydrogen) atoms. The van der Waals surface area contributed by atoms with Crippen molar-refractivity contribution >= 4 is 35.2 Å². The standard InChI is InChI=1S/C15H8Cl2F3NO2/c1-2-7-5-8(15(18,19)20)6-10(17)12(7)11-4-3-9(16)13(21-11)14(22)23/h2-6H,1H2,(H,22,23). The molecular formula is C15H8Cl2F3NO2. The first-order chi connectivity index (χ1) is 10.6. The number of hydrogen-bond donors (Lipinski definition) is 1. The highest BCUT2D eigenvalue weighted by Crippen LogP contribution is 2.38. The summed E-state index contributed by atoms with van der Waals surface area (Å²) in [5.41, 5.74) is -1.05. The van der Waals surface area contributed by atoms with Crippen molar-refractivity contribution in [1.82, 2.24) is 4.98 Å². The van der Waals surface area contributed by atoms with Gasteiger partial charge in [-0.25, -0.2) is 9.78 Å². The number of hydrogen-bond acceptors (Lipinski definition) is 2. The quantitative estimate of drug-likeness (QED) is 0.794. The van der Waals surface area contributed by atoms with Gasteiger partial charge in [0.2, 0.25) is 0 Å². The fourth-order valence-electron chi connectivity index (χ4n) is 1.95. The summed E-state index contributed by atoms with van der Waals surface area (Å²) >= 11 is 11.7. The summed E-state index contributed by atoms with van der Waals surface area (Å²) in [5, 5.41) is 8.72. The van der Waals surface area contributed by atoms with Crippen LogP contribution in [0.15, 0.2) is 30.8 Å². The molecule has 0 aliphatic carbocycles. The summed E-state index contributed by atoms with van der Waals surface area (Å²) in [6.07, 6.45) is -3.38. The van der Waals surface area contributed by atoms with Gasteiger partial charge in [-0.05, 0) is 29.8 Å². The summed E-state index contributed by atoms with van der Waals surface area (Å²) in [7, 11) is 0. The summed E-state index contributed by atoms with van der Waals surface area (Å²) < 4.78 is 38.5. The molecule has 1 aromatic carbocycles. The van der Waals surface area contributed by atoms with Crippen molar-refractivity contribution < 1.29 is 23.1 Å². The Bertz CT molecular complexity index is 804. The van der Waals surface area contributed by atoms with Gasteiger partial charge in [0, 0.05) is 5.56 Å². The number of pyridine rings is 1. The Morgan fingerprint density at radius 2 is 1.87 bits per heavy atom. The number of benzene rings is 1. The number of alkyl halides is 3. The number of rotatable bonds is 3. The maximum Gasteiger partial charge on any atom is 0.416 e. The van der Waals surface area contributed by atoms with Crippen molar-refractivity contribution in [1.29, 1.82) is 0 Å². The lowest BCUT2D eigenvalue weighted by Gasteiger charge is -2.14. The fraction of sp³-hybridized carbons (Fsp3) is 0.0667. The van der Waals surface area contributed by atoms with Crippen molar-refractivity contribution in [3.63, 3.8) is 0 Å². The highest BCUT2D eigenvalue weighted by Gasteiger charge is 2.32. The zero-order chi connectivity index (χ0) is 17.4. The molecule has 1 aromatic heterocycles. The molecule has 3 nitrogen and oxygen atoms in total. The van der Waals surface area contributed by atoms with E-state index in [4.69, 9.17) is 28.3 Å².